The van der Waals surface area contributed by atoms with Crippen molar-refractivity contribution in [2.75, 3.05) is 19.7 Å². The summed E-state index contributed by atoms with van der Waals surface area (Å²) in [6.07, 6.45) is 4.66. The van der Waals surface area contributed by atoms with Gasteiger partial charge in [0.25, 0.3) is 0 Å². The van der Waals surface area contributed by atoms with E-state index in [1.54, 1.807) is 12.1 Å². The molecule has 1 fully saturated rings. The third kappa shape index (κ3) is 7.10. The minimum atomic E-state index is -0.0785. The summed E-state index contributed by atoms with van der Waals surface area (Å²) in [4.78, 5) is 26.7. The molecule has 1 aliphatic heterocycles. The smallest absolute Gasteiger partial charge is 0.223 e. The van der Waals surface area contributed by atoms with Crippen molar-refractivity contribution < 1.29 is 14.3 Å². The number of rotatable bonds is 9. The molecule has 0 bridgehead atoms. The number of carbonyl (C=O) groups is 2. The molecule has 1 atom stereocenters. The van der Waals surface area contributed by atoms with Gasteiger partial charge in [0.1, 0.15) is 5.75 Å². The SMILES string of the molecule is CCCCCOc1ccc(C(=O)CCC(=O)N2CCC(N)C(C)(C)C2)cc1.Cl. The van der Waals surface area contributed by atoms with Crippen LogP contribution < -0.4 is 10.5 Å². The number of hydrogen-bond donors (Lipinski definition) is 1. The van der Waals surface area contributed by atoms with Gasteiger partial charge in [-0.1, -0.05) is 33.6 Å². The number of likely N-dealkylation sites (tertiary alicyclic amines) is 1. The van der Waals surface area contributed by atoms with Gasteiger partial charge < -0.3 is 15.4 Å². The Hall–Kier alpha value is -1.59. The molecule has 0 saturated carbocycles. The van der Waals surface area contributed by atoms with E-state index < -0.39 is 0 Å². The molecule has 5 nitrogen and oxygen atoms in total. The largest absolute Gasteiger partial charge is 0.494 e. The second-order valence-electron chi connectivity index (χ2n) is 8.20. The highest BCUT2D eigenvalue weighted by Gasteiger charge is 2.35. The molecule has 1 aliphatic rings. The van der Waals surface area contributed by atoms with Gasteiger partial charge in [0, 0.05) is 37.5 Å². The van der Waals surface area contributed by atoms with E-state index in [9.17, 15) is 9.59 Å². The van der Waals surface area contributed by atoms with Crippen LogP contribution in [-0.4, -0.2) is 42.3 Å². The predicted octanol–water partition coefficient (Wildman–Crippen LogP) is 4.23. The number of carbonyl (C=O) groups excluding carboxylic acids is 2. The zero-order chi connectivity index (χ0) is 19.9. The summed E-state index contributed by atoms with van der Waals surface area (Å²) in [6.45, 7) is 8.38. The molecule has 1 aromatic carbocycles. The quantitative estimate of drug-likeness (QED) is 0.488. The maximum absolute atomic E-state index is 12.5. The Morgan fingerprint density at radius 2 is 1.86 bits per heavy atom. The zero-order valence-corrected chi connectivity index (χ0v) is 18.2. The van der Waals surface area contributed by atoms with E-state index in [0.29, 0.717) is 25.3 Å². The van der Waals surface area contributed by atoms with Gasteiger partial charge in [0.2, 0.25) is 5.91 Å². The number of Topliss-reactive ketones (excluding diaryl/α,β-unsaturated/α-hetero) is 1. The number of piperidine rings is 1. The molecule has 0 spiro atoms. The van der Waals surface area contributed by atoms with Crippen LogP contribution in [0.5, 0.6) is 5.75 Å². The second kappa shape index (κ2) is 11.4. The monoisotopic (exact) mass is 410 g/mol. The number of halogens is 1. The predicted molar refractivity (Wildman–Crippen MR) is 115 cm³/mol. The number of nitrogens with two attached hydrogens (primary N) is 1. The van der Waals surface area contributed by atoms with Gasteiger partial charge in [-0.25, -0.2) is 0 Å². The maximum atomic E-state index is 12.5. The van der Waals surface area contributed by atoms with E-state index >= 15 is 0 Å². The second-order valence-corrected chi connectivity index (χ2v) is 8.20. The molecular formula is C22H35ClN2O3. The highest BCUT2D eigenvalue weighted by Crippen LogP contribution is 2.28. The van der Waals surface area contributed by atoms with Gasteiger partial charge in [-0.15, -0.1) is 12.4 Å². The van der Waals surface area contributed by atoms with E-state index in [-0.39, 0.29) is 48.4 Å². The molecule has 28 heavy (non-hydrogen) atoms. The van der Waals surface area contributed by atoms with Crippen molar-refractivity contribution in [3.05, 3.63) is 29.8 Å². The Balaban J connectivity index is 0.00000392. The highest BCUT2D eigenvalue weighted by atomic mass is 35.5. The average molecular weight is 411 g/mol. The molecule has 6 heteroatoms. The fourth-order valence-electron chi connectivity index (χ4n) is 3.39. The van der Waals surface area contributed by atoms with Gasteiger partial charge in [0.15, 0.2) is 5.78 Å². The number of hydrogen-bond acceptors (Lipinski definition) is 4. The molecule has 2 N–H and O–H groups in total. The fraction of sp³-hybridized carbons (Fsp3) is 0.636. The summed E-state index contributed by atoms with van der Waals surface area (Å²) in [7, 11) is 0. The van der Waals surface area contributed by atoms with Crippen molar-refractivity contribution in [2.24, 2.45) is 11.1 Å². The van der Waals surface area contributed by atoms with Crippen molar-refractivity contribution in [2.45, 2.75) is 65.3 Å². The summed E-state index contributed by atoms with van der Waals surface area (Å²) in [5, 5.41) is 0. The van der Waals surface area contributed by atoms with Crippen molar-refractivity contribution in [1.29, 1.82) is 0 Å². The summed E-state index contributed by atoms with van der Waals surface area (Å²) >= 11 is 0. The lowest BCUT2D eigenvalue weighted by atomic mass is 9.79. The Bertz CT molecular complexity index is 631. The Kier molecular flexibility index (Phi) is 9.97. The topological polar surface area (TPSA) is 72.6 Å². The van der Waals surface area contributed by atoms with Crippen LogP contribution in [0.4, 0.5) is 0 Å². The van der Waals surface area contributed by atoms with Crippen molar-refractivity contribution in [3.63, 3.8) is 0 Å². The zero-order valence-electron chi connectivity index (χ0n) is 17.4. The lowest BCUT2D eigenvalue weighted by Crippen LogP contribution is -2.54. The number of unbranched alkanes of at least 4 members (excludes halogenated alkanes) is 2. The van der Waals surface area contributed by atoms with E-state index in [1.165, 1.54) is 0 Å². The van der Waals surface area contributed by atoms with Gasteiger partial charge >= 0.3 is 0 Å². The third-order valence-corrected chi connectivity index (χ3v) is 5.42. The average Bonchev–Trinajstić information content (AvgIpc) is 2.65. The first kappa shape index (κ1) is 24.4. The molecule has 0 aliphatic carbocycles. The fourth-order valence-corrected chi connectivity index (χ4v) is 3.39. The van der Waals surface area contributed by atoms with Crippen molar-refractivity contribution in [3.8, 4) is 5.75 Å². The molecule has 1 amide bonds. The van der Waals surface area contributed by atoms with Crippen LogP contribution in [0.3, 0.4) is 0 Å². The van der Waals surface area contributed by atoms with Crippen LogP contribution in [0.2, 0.25) is 0 Å². The maximum Gasteiger partial charge on any atom is 0.223 e. The molecule has 1 aromatic rings. The van der Waals surface area contributed by atoms with Crippen LogP contribution in [0, 0.1) is 5.41 Å². The standard InChI is InChI=1S/C22H34N2O3.ClH/c1-4-5-6-15-27-18-9-7-17(8-10-18)19(25)11-12-21(26)24-14-13-20(23)22(2,3)16-24;/h7-10,20H,4-6,11-16,23H2,1-3H3;1H. The summed E-state index contributed by atoms with van der Waals surface area (Å²) in [5.41, 5.74) is 6.68. The van der Waals surface area contributed by atoms with Crippen LogP contribution in [0.1, 0.15) is 69.7 Å². The van der Waals surface area contributed by atoms with Gasteiger partial charge in [-0.2, -0.15) is 0 Å². The third-order valence-electron chi connectivity index (χ3n) is 5.42. The van der Waals surface area contributed by atoms with Crippen LogP contribution >= 0.6 is 12.4 Å². The van der Waals surface area contributed by atoms with Crippen LogP contribution in [-0.2, 0) is 4.79 Å². The van der Waals surface area contributed by atoms with E-state index in [4.69, 9.17) is 10.5 Å². The van der Waals surface area contributed by atoms with Crippen LogP contribution in [0.15, 0.2) is 24.3 Å². The molecule has 1 heterocycles. The normalized spacial score (nSPS) is 18.3. The lowest BCUT2D eigenvalue weighted by Gasteiger charge is -2.42. The minimum Gasteiger partial charge on any atom is -0.494 e. The van der Waals surface area contributed by atoms with E-state index in [1.807, 2.05) is 17.0 Å². The highest BCUT2D eigenvalue weighted by molar-refractivity contribution is 5.98. The van der Waals surface area contributed by atoms with E-state index in [2.05, 4.69) is 20.8 Å². The number of benzene rings is 1. The summed E-state index contributed by atoms with van der Waals surface area (Å²) in [6, 6.07) is 7.34. The molecule has 0 aromatic heterocycles. The molecule has 158 valence electrons. The molecule has 2 rings (SSSR count). The first-order valence-electron chi connectivity index (χ1n) is 10.1. The molecule has 1 unspecified atom stereocenters. The first-order valence-corrected chi connectivity index (χ1v) is 10.1. The van der Waals surface area contributed by atoms with Gasteiger partial charge in [-0.05, 0) is 42.5 Å². The van der Waals surface area contributed by atoms with Gasteiger partial charge in [-0.3, -0.25) is 9.59 Å². The minimum absolute atomic E-state index is 0. The van der Waals surface area contributed by atoms with Crippen LogP contribution in [0.25, 0.3) is 0 Å². The number of nitrogens with zero attached hydrogens (tertiary/aromatic N) is 1. The van der Waals surface area contributed by atoms with Gasteiger partial charge in [0.05, 0.1) is 6.61 Å². The summed E-state index contributed by atoms with van der Waals surface area (Å²) in [5.74, 6) is 0.818. The Morgan fingerprint density at radius 3 is 2.46 bits per heavy atom. The Labute approximate surface area is 175 Å². The van der Waals surface area contributed by atoms with Crippen molar-refractivity contribution in [1.82, 2.24) is 4.90 Å². The molecule has 0 radical (unpaired) electrons. The number of ether oxygens (including phenoxy) is 1. The summed E-state index contributed by atoms with van der Waals surface area (Å²) < 4.78 is 5.67. The molecular weight excluding hydrogens is 376 g/mol. The number of amides is 1. The molecule has 1 saturated heterocycles. The van der Waals surface area contributed by atoms with Crippen molar-refractivity contribution >= 4 is 24.1 Å². The lowest BCUT2D eigenvalue weighted by molar-refractivity contribution is -0.134. The number of ketones is 1. The Morgan fingerprint density at radius 1 is 1.18 bits per heavy atom. The van der Waals surface area contributed by atoms with E-state index in [0.717, 1.165) is 31.4 Å². The first-order chi connectivity index (χ1) is 12.8.